The molecule has 0 fully saturated rings. The summed E-state index contributed by atoms with van der Waals surface area (Å²) in [5, 5.41) is 0. The molecule has 0 amide bonds. The van der Waals surface area contributed by atoms with Gasteiger partial charge in [-0.3, -0.25) is 9.59 Å². The first-order valence-electron chi connectivity index (χ1n) is 7.82. The summed E-state index contributed by atoms with van der Waals surface area (Å²) in [6, 6.07) is 0. The van der Waals surface area contributed by atoms with Crippen LogP contribution in [-0.2, 0) is 14.3 Å². The van der Waals surface area contributed by atoms with E-state index >= 15 is 0 Å². The number of carbonyl (C=O) groups is 2. The molecule has 0 heterocycles. The summed E-state index contributed by atoms with van der Waals surface area (Å²) in [5.41, 5.74) is 0. The van der Waals surface area contributed by atoms with Gasteiger partial charge in [0.05, 0.1) is 6.61 Å². The first-order valence-corrected chi connectivity index (χ1v) is 7.82. The van der Waals surface area contributed by atoms with Crippen LogP contribution in [0.25, 0.3) is 0 Å². The number of rotatable bonds is 13. The second-order valence-electron chi connectivity index (χ2n) is 5.28. The van der Waals surface area contributed by atoms with Crippen molar-refractivity contribution in [3.05, 3.63) is 0 Å². The van der Waals surface area contributed by atoms with Crippen LogP contribution in [0.3, 0.4) is 0 Å². The van der Waals surface area contributed by atoms with E-state index in [1.165, 1.54) is 58.3 Å². The molecule has 0 spiro atoms. The number of esters is 1. The molecule has 3 heteroatoms. The van der Waals surface area contributed by atoms with Gasteiger partial charge in [-0.15, -0.1) is 0 Å². The van der Waals surface area contributed by atoms with Gasteiger partial charge in [0.2, 0.25) is 0 Å². The van der Waals surface area contributed by atoms with Crippen LogP contribution in [0.4, 0.5) is 0 Å². The number of Topliss-reactive ketones (excluding diaryl/α,β-unsaturated/α-hetero) is 1. The Bertz CT molecular complexity index is 242. The van der Waals surface area contributed by atoms with Crippen molar-refractivity contribution in [2.24, 2.45) is 0 Å². The zero-order chi connectivity index (χ0) is 14.3. The third-order valence-electron chi connectivity index (χ3n) is 3.15. The second-order valence-corrected chi connectivity index (χ2v) is 5.28. The molecular formula is C16H32O3. The lowest BCUT2D eigenvalue weighted by Crippen LogP contribution is -2.09. The van der Waals surface area contributed by atoms with Crippen molar-refractivity contribution in [1.82, 2.24) is 0 Å². The fourth-order valence-electron chi connectivity index (χ4n) is 2.03. The smallest absolute Gasteiger partial charge is 0.313 e. The van der Waals surface area contributed by atoms with Crippen molar-refractivity contribution in [2.75, 3.05) is 6.61 Å². The van der Waals surface area contributed by atoms with Gasteiger partial charge in [-0.1, -0.05) is 64.7 Å². The first kappa shape index (κ1) is 18.1. The quantitative estimate of drug-likeness (QED) is 0.278. The average molecular weight is 272 g/mol. The van der Waals surface area contributed by atoms with E-state index in [2.05, 4.69) is 6.92 Å². The summed E-state index contributed by atoms with van der Waals surface area (Å²) >= 11 is 0. The maximum atomic E-state index is 11.1. The third kappa shape index (κ3) is 15.1. The van der Waals surface area contributed by atoms with Crippen LogP contribution in [0.1, 0.15) is 85.9 Å². The van der Waals surface area contributed by atoms with Gasteiger partial charge < -0.3 is 4.74 Å². The number of unbranched alkanes of at least 4 members (excludes halogenated alkanes) is 9. The van der Waals surface area contributed by atoms with Crippen LogP contribution in [0, 0.1) is 0 Å². The standard InChI is InChI=1S/C16H30O3.H2/c1-3-4-5-6-7-8-9-10-11-12-13-19-16(18)14-15(2)17;/h3-14H2,1-2H3;1H. The molecule has 0 aliphatic heterocycles. The Labute approximate surface area is 119 Å². The van der Waals surface area contributed by atoms with Crippen molar-refractivity contribution in [3.8, 4) is 0 Å². The van der Waals surface area contributed by atoms with E-state index in [1.807, 2.05) is 0 Å². The highest BCUT2D eigenvalue weighted by Gasteiger charge is 2.05. The zero-order valence-corrected chi connectivity index (χ0v) is 12.7. The van der Waals surface area contributed by atoms with Crippen LogP contribution in [0.15, 0.2) is 0 Å². The van der Waals surface area contributed by atoms with Crippen molar-refractivity contribution >= 4 is 11.8 Å². The van der Waals surface area contributed by atoms with E-state index in [0.717, 1.165) is 12.8 Å². The molecule has 0 aromatic carbocycles. The van der Waals surface area contributed by atoms with Crippen molar-refractivity contribution < 1.29 is 15.8 Å². The van der Waals surface area contributed by atoms with E-state index in [1.54, 1.807) is 0 Å². The van der Waals surface area contributed by atoms with Gasteiger partial charge >= 0.3 is 5.97 Å². The Balaban J connectivity index is 0. The van der Waals surface area contributed by atoms with Crippen LogP contribution >= 0.6 is 0 Å². The molecule has 0 aliphatic carbocycles. The van der Waals surface area contributed by atoms with E-state index in [4.69, 9.17) is 4.74 Å². The summed E-state index contributed by atoms with van der Waals surface area (Å²) in [7, 11) is 0. The topological polar surface area (TPSA) is 43.4 Å². The fraction of sp³-hybridized carbons (Fsp3) is 0.875. The van der Waals surface area contributed by atoms with Gasteiger partial charge in [0.15, 0.2) is 0 Å². The number of hydrogen-bond donors (Lipinski definition) is 0. The Morgan fingerprint density at radius 1 is 0.842 bits per heavy atom. The Hall–Kier alpha value is -0.860. The second kappa shape index (κ2) is 13.6. The van der Waals surface area contributed by atoms with Gasteiger partial charge in [0.1, 0.15) is 12.2 Å². The maximum Gasteiger partial charge on any atom is 0.313 e. The summed E-state index contributed by atoms with van der Waals surface area (Å²) in [6.45, 7) is 4.10. The molecule has 0 aromatic heterocycles. The molecule has 0 N–H and O–H groups in total. The summed E-state index contributed by atoms with van der Waals surface area (Å²) in [4.78, 5) is 21.7. The molecule has 0 saturated heterocycles. The molecule has 0 unspecified atom stereocenters. The predicted molar refractivity (Wildman–Crippen MR) is 80.2 cm³/mol. The first-order chi connectivity index (χ1) is 9.16. The molecule has 0 aliphatic rings. The number of carbonyl (C=O) groups excluding carboxylic acids is 2. The van der Waals surface area contributed by atoms with E-state index in [0.29, 0.717) is 6.61 Å². The van der Waals surface area contributed by atoms with Crippen molar-refractivity contribution in [1.29, 1.82) is 0 Å². The SMILES string of the molecule is CCCCCCCCCCCCOC(=O)CC(C)=O.[HH]. The largest absolute Gasteiger partial charge is 0.465 e. The summed E-state index contributed by atoms with van der Waals surface area (Å²) < 4.78 is 4.97. The highest BCUT2D eigenvalue weighted by Crippen LogP contribution is 2.10. The van der Waals surface area contributed by atoms with Crippen LogP contribution in [-0.4, -0.2) is 18.4 Å². The van der Waals surface area contributed by atoms with Crippen LogP contribution < -0.4 is 0 Å². The van der Waals surface area contributed by atoms with Gasteiger partial charge in [-0.25, -0.2) is 0 Å². The molecule has 0 radical (unpaired) electrons. The predicted octanol–water partition coefficient (Wildman–Crippen LogP) is 4.68. The molecule has 0 saturated carbocycles. The van der Waals surface area contributed by atoms with Gasteiger partial charge in [-0.2, -0.15) is 0 Å². The lowest BCUT2D eigenvalue weighted by Gasteiger charge is -2.04. The molecular weight excluding hydrogens is 240 g/mol. The fourth-order valence-corrected chi connectivity index (χ4v) is 2.03. The summed E-state index contributed by atoms with van der Waals surface area (Å²) in [5.74, 6) is -0.517. The van der Waals surface area contributed by atoms with E-state index in [9.17, 15) is 9.59 Å². The van der Waals surface area contributed by atoms with Gasteiger partial charge in [-0.05, 0) is 13.3 Å². The van der Waals surface area contributed by atoms with E-state index in [-0.39, 0.29) is 19.6 Å². The maximum absolute atomic E-state index is 11.1. The number of ketones is 1. The molecule has 114 valence electrons. The minimum Gasteiger partial charge on any atom is -0.465 e. The van der Waals surface area contributed by atoms with Crippen molar-refractivity contribution in [3.63, 3.8) is 0 Å². The van der Waals surface area contributed by atoms with E-state index < -0.39 is 0 Å². The Kier molecular flexibility index (Phi) is 13.0. The average Bonchev–Trinajstić information content (AvgIpc) is 2.35. The molecule has 0 rings (SSSR count). The monoisotopic (exact) mass is 272 g/mol. The normalized spacial score (nSPS) is 10.4. The molecule has 19 heavy (non-hydrogen) atoms. The van der Waals surface area contributed by atoms with Gasteiger partial charge in [0.25, 0.3) is 0 Å². The van der Waals surface area contributed by atoms with Crippen LogP contribution in [0.2, 0.25) is 0 Å². The highest BCUT2D eigenvalue weighted by molar-refractivity contribution is 5.94. The molecule has 0 bridgehead atoms. The van der Waals surface area contributed by atoms with Crippen LogP contribution in [0.5, 0.6) is 0 Å². The lowest BCUT2D eigenvalue weighted by molar-refractivity contribution is -0.145. The minimum atomic E-state index is -0.386. The molecule has 0 aromatic rings. The minimum absolute atomic E-state index is 0. The number of ether oxygens (including phenoxy) is 1. The molecule has 3 nitrogen and oxygen atoms in total. The molecule has 0 atom stereocenters. The Morgan fingerprint density at radius 3 is 1.79 bits per heavy atom. The third-order valence-corrected chi connectivity index (χ3v) is 3.15. The number of hydrogen-bond acceptors (Lipinski definition) is 3. The summed E-state index contributed by atoms with van der Waals surface area (Å²) in [6.07, 6.45) is 12.6. The highest BCUT2D eigenvalue weighted by atomic mass is 16.5. The Morgan fingerprint density at radius 2 is 1.32 bits per heavy atom. The van der Waals surface area contributed by atoms with Crippen molar-refractivity contribution in [2.45, 2.75) is 84.5 Å². The lowest BCUT2D eigenvalue weighted by atomic mass is 10.1. The zero-order valence-electron chi connectivity index (χ0n) is 12.7. The van der Waals surface area contributed by atoms with Gasteiger partial charge in [0, 0.05) is 1.43 Å².